The van der Waals surface area contributed by atoms with Crippen molar-refractivity contribution in [1.82, 2.24) is 0 Å². The van der Waals surface area contributed by atoms with E-state index in [1.807, 2.05) is 54.6 Å². The van der Waals surface area contributed by atoms with Gasteiger partial charge in [0.1, 0.15) is 0 Å². The first-order valence-corrected chi connectivity index (χ1v) is 7.86. The molecule has 2 unspecified atom stereocenters. The highest BCUT2D eigenvalue weighted by atomic mass is 16.7. The second-order valence-corrected chi connectivity index (χ2v) is 5.64. The van der Waals surface area contributed by atoms with Gasteiger partial charge in [0, 0.05) is 11.1 Å². The highest BCUT2D eigenvalue weighted by molar-refractivity contribution is 5.39. The van der Waals surface area contributed by atoms with E-state index in [1.54, 1.807) is 0 Å². The maximum absolute atomic E-state index is 9.70. The normalized spacial score (nSPS) is 24.5. The molecule has 0 radical (unpaired) electrons. The molecule has 1 aliphatic heterocycles. The van der Waals surface area contributed by atoms with Crippen LogP contribution in [0.15, 0.2) is 54.6 Å². The third-order valence-electron chi connectivity index (χ3n) is 4.11. The molecule has 3 nitrogen and oxygen atoms in total. The Hall–Kier alpha value is -1.68. The minimum atomic E-state index is -0.916. The van der Waals surface area contributed by atoms with Crippen LogP contribution in [0.1, 0.15) is 36.5 Å². The summed E-state index contributed by atoms with van der Waals surface area (Å²) in [5.74, 6) is -0.916. The van der Waals surface area contributed by atoms with Crippen molar-refractivity contribution >= 4 is 0 Å². The van der Waals surface area contributed by atoms with Crippen molar-refractivity contribution in [2.75, 3.05) is 6.61 Å². The fourth-order valence-electron chi connectivity index (χ4n) is 3.06. The van der Waals surface area contributed by atoms with E-state index in [9.17, 15) is 5.11 Å². The summed E-state index contributed by atoms with van der Waals surface area (Å²) in [6.45, 7) is 2.69. The summed E-state index contributed by atoms with van der Waals surface area (Å²) in [4.78, 5) is 0. The molecule has 0 aromatic heterocycles. The molecule has 1 N–H and O–H groups in total. The Morgan fingerprint density at radius 2 is 1.82 bits per heavy atom. The lowest BCUT2D eigenvalue weighted by atomic mass is 9.93. The second-order valence-electron chi connectivity index (χ2n) is 5.64. The molecule has 0 bridgehead atoms. The van der Waals surface area contributed by atoms with Gasteiger partial charge in [-0.1, -0.05) is 67.9 Å². The van der Waals surface area contributed by atoms with Gasteiger partial charge in [-0.2, -0.15) is 0 Å². The number of hydrogen-bond donors (Lipinski definition) is 1. The van der Waals surface area contributed by atoms with Crippen molar-refractivity contribution in [2.45, 2.75) is 38.3 Å². The minimum Gasteiger partial charge on any atom is -0.392 e. The summed E-state index contributed by atoms with van der Waals surface area (Å²) in [7, 11) is 0. The van der Waals surface area contributed by atoms with E-state index in [0.717, 1.165) is 29.5 Å². The molecule has 22 heavy (non-hydrogen) atoms. The first kappa shape index (κ1) is 15.2. The molecule has 1 saturated heterocycles. The number of rotatable bonds is 5. The van der Waals surface area contributed by atoms with Crippen LogP contribution in [0.4, 0.5) is 0 Å². The molecule has 1 fully saturated rings. The molecule has 0 spiro atoms. The fourth-order valence-corrected chi connectivity index (χ4v) is 3.06. The Morgan fingerprint density at radius 3 is 2.55 bits per heavy atom. The van der Waals surface area contributed by atoms with Crippen LogP contribution < -0.4 is 0 Å². The number of benzene rings is 2. The van der Waals surface area contributed by atoms with Crippen molar-refractivity contribution in [2.24, 2.45) is 0 Å². The van der Waals surface area contributed by atoms with Crippen LogP contribution in [0.25, 0.3) is 0 Å². The van der Waals surface area contributed by atoms with Gasteiger partial charge in [0.05, 0.1) is 19.3 Å². The predicted molar refractivity (Wildman–Crippen MR) is 85.3 cm³/mol. The average Bonchev–Trinajstić information content (AvgIpc) is 3.01. The van der Waals surface area contributed by atoms with Gasteiger partial charge < -0.3 is 14.6 Å². The Kier molecular flexibility index (Phi) is 4.57. The molecule has 0 saturated carbocycles. The quantitative estimate of drug-likeness (QED) is 0.916. The highest BCUT2D eigenvalue weighted by Gasteiger charge is 2.45. The molecule has 2 aromatic rings. The number of aliphatic hydroxyl groups excluding tert-OH is 1. The molecule has 116 valence electrons. The van der Waals surface area contributed by atoms with E-state index in [2.05, 4.69) is 6.92 Å². The molecule has 0 amide bonds. The van der Waals surface area contributed by atoms with E-state index < -0.39 is 5.79 Å². The highest BCUT2D eigenvalue weighted by Crippen LogP contribution is 2.42. The number of aliphatic hydroxyl groups is 1. The maximum Gasteiger partial charge on any atom is 0.223 e. The Morgan fingerprint density at radius 1 is 1.09 bits per heavy atom. The second kappa shape index (κ2) is 6.61. The fraction of sp³-hybridized carbons (Fsp3) is 0.368. The Balaban J connectivity index is 2.08. The molecular formula is C19H22O3. The molecular weight excluding hydrogens is 276 g/mol. The van der Waals surface area contributed by atoms with Crippen molar-refractivity contribution in [3.63, 3.8) is 0 Å². The van der Waals surface area contributed by atoms with Crippen LogP contribution in [0.5, 0.6) is 0 Å². The lowest BCUT2D eigenvalue weighted by Gasteiger charge is -2.30. The molecule has 0 aliphatic carbocycles. The van der Waals surface area contributed by atoms with Crippen LogP contribution in [0, 0.1) is 0 Å². The van der Waals surface area contributed by atoms with Gasteiger partial charge in [-0.05, 0) is 12.0 Å². The summed E-state index contributed by atoms with van der Waals surface area (Å²) >= 11 is 0. The van der Waals surface area contributed by atoms with Gasteiger partial charge in [-0.15, -0.1) is 0 Å². The summed E-state index contributed by atoms with van der Waals surface area (Å²) < 4.78 is 12.6. The number of ether oxygens (including phenoxy) is 2. The molecule has 2 atom stereocenters. The molecule has 3 rings (SSSR count). The zero-order valence-electron chi connectivity index (χ0n) is 12.9. The summed E-state index contributed by atoms with van der Waals surface area (Å²) in [6, 6.07) is 17.8. The SMILES string of the molecule is CCCC1COC(c2ccccc2)(c2ccccc2CO)O1. The lowest BCUT2D eigenvalue weighted by molar-refractivity contribution is -0.144. The van der Waals surface area contributed by atoms with Crippen LogP contribution >= 0.6 is 0 Å². The standard InChI is InChI=1S/C19H22O3/c1-2-8-17-14-21-19(22-17,16-10-4-3-5-11-16)18-12-7-6-9-15(18)13-20/h3-7,9-12,17,20H,2,8,13-14H2,1H3. The monoisotopic (exact) mass is 298 g/mol. The zero-order chi connectivity index (χ0) is 15.4. The van der Waals surface area contributed by atoms with E-state index >= 15 is 0 Å². The van der Waals surface area contributed by atoms with Crippen molar-refractivity contribution in [3.8, 4) is 0 Å². The zero-order valence-corrected chi connectivity index (χ0v) is 12.9. The first-order chi connectivity index (χ1) is 10.8. The minimum absolute atomic E-state index is 0.0318. The van der Waals surface area contributed by atoms with E-state index in [1.165, 1.54) is 0 Å². The molecule has 3 heteroatoms. The number of hydrogen-bond acceptors (Lipinski definition) is 3. The average molecular weight is 298 g/mol. The van der Waals surface area contributed by atoms with E-state index in [0.29, 0.717) is 6.61 Å². The van der Waals surface area contributed by atoms with E-state index in [-0.39, 0.29) is 12.7 Å². The third-order valence-corrected chi connectivity index (χ3v) is 4.11. The molecule has 1 aliphatic rings. The van der Waals surface area contributed by atoms with Gasteiger partial charge in [0.25, 0.3) is 0 Å². The smallest absolute Gasteiger partial charge is 0.223 e. The van der Waals surface area contributed by atoms with Gasteiger partial charge in [-0.25, -0.2) is 0 Å². The first-order valence-electron chi connectivity index (χ1n) is 7.86. The van der Waals surface area contributed by atoms with Gasteiger partial charge in [0.15, 0.2) is 0 Å². The Labute approximate surface area is 131 Å². The van der Waals surface area contributed by atoms with Gasteiger partial charge >= 0.3 is 0 Å². The largest absolute Gasteiger partial charge is 0.392 e. The maximum atomic E-state index is 9.70. The predicted octanol–water partition coefficient (Wildman–Crippen LogP) is 3.60. The van der Waals surface area contributed by atoms with Crippen LogP contribution in [0.3, 0.4) is 0 Å². The van der Waals surface area contributed by atoms with Crippen LogP contribution in [-0.2, 0) is 21.9 Å². The topological polar surface area (TPSA) is 38.7 Å². The van der Waals surface area contributed by atoms with Crippen LogP contribution in [0.2, 0.25) is 0 Å². The molecule has 1 heterocycles. The Bertz CT molecular complexity index is 611. The summed E-state index contributed by atoms with van der Waals surface area (Å²) in [6.07, 6.45) is 2.10. The van der Waals surface area contributed by atoms with Crippen molar-refractivity contribution < 1.29 is 14.6 Å². The summed E-state index contributed by atoms with van der Waals surface area (Å²) in [5.41, 5.74) is 2.69. The molecule has 2 aromatic carbocycles. The van der Waals surface area contributed by atoms with Crippen LogP contribution in [-0.4, -0.2) is 17.8 Å². The van der Waals surface area contributed by atoms with Crippen molar-refractivity contribution in [3.05, 3.63) is 71.3 Å². The third kappa shape index (κ3) is 2.68. The van der Waals surface area contributed by atoms with E-state index in [4.69, 9.17) is 9.47 Å². The van der Waals surface area contributed by atoms with Crippen molar-refractivity contribution in [1.29, 1.82) is 0 Å². The van der Waals surface area contributed by atoms with Gasteiger partial charge in [-0.3, -0.25) is 0 Å². The summed E-state index contributed by atoms with van der Waals surface area (Å²) in [5, 5.41) is 9.70. The van der Waals surface area contributed by atoms with Gasteiger partial charge in [0.2, 0.25) is 5.79 Å². The lowest BCUT2D eigenvalue weighted by Crippen LogP contribution is -2.31.